The van der Waals surface area contributed by atoms with Gasteiger partial charge in [-0.25, -0.2) is 0 Å². The van der Waals surface area contributed by atoms with Crippen molar-refractivity contribution in [3.63, 3.8) is 0 Å². The number of hydrogen-bond acceptors (Lipinski definition) is 4. The van der Waals surface area contributed by atoms with E-state index in [-0.39, 0.29) is 11.9 Å². The monoisotopic (exact) mass is 347 g/mol. The molecule has 1 N–H and O–H groups in total. The van der Waals surface area contributed by atoms with Crippen LogP contribution < -0.4 is 5.32 Å². The number of nitrogens with zero attached hydrogens (tertiary/aromatic N) is 2. The Morgan fingerprint density at radius 2 is 2.15 bits per heavy atom. The highest BCUT2D eigenvalue weighted by Gasteiger charge is 2.25. The van der Waals surface area contributed by atoms with Crippen LogP contribution in [0.2, 0.25) is 0 Å². The number of aromatic nitrogens is 2. The van der Waals surface area contributed by atoms with Crippen LogP contribution in [0, 0.1) is 6.92 Å². The third kappa shape index (κ3) is 3.12. The number of amides is 1. The molecule has 1 amide bonds. The third-order valence-corrected chi connectivity index (χ3v) is 4.89. The zero-order chi connectivity index (χ0) is 18.1. The highest BCUT2D eigenvalue weighted by atomic mass is 16.5. The maximum Gasteiger partial charge on any atom is 0.251 e. The zero-order valence-electron chi connectivity index (χ0n) is 15.0. The third-order valence-electron chi connectivity index (χ3n) is 4.89. The lowest BCUT2D eigenvalue weighted by atomic mass is 10.0. The fourth-order valence-electron chi connectivity index (χ4n) is 3.47. The van der Waals surface area contributed by atoms with E-state index in [4.69, 9.17) is 4.52 Å². The van der Waals surface area contributed by atoms with Crippen molar-refractivity contribution in [2.45, 2.75) is 39.2 Å². The average molecular weight is 347 g/mol. The normalized spacial score (nSPS) is 15.7. The molecular weight excluding hydrogens is 326 g/mol. The molecule has 1 atom stereocenters. The van der Waals surface area contributed by atoms with Gasteiger partial charge in [-0.1, -0.05) is 24.2 Å². The molecule has 0 saturated heterocycles. The maximum atomic E-state index is 12.5. The molecule has 1 aliphatic carbocycles. The molecule has 0 spiro atoms. The lowest BCUT2D eigenvalue weighted by molar-refractivity contribution is 0.0936. The largest absolute Gasteiger partial charge is 0.361 e. The second-order valence-electron chi connectivity index (χ2n) is 6.70. The van der Waals surface area contributed by atoms with Crippen LogP contribution in [0.1, 0.15) is 52.3 Å². The highest BCUT2D eigenvalue weighted by molar-refractivity contribution is 5.94. The fourth-order valence-corrected chi connectivity index (χ4v) is 3.47. The number of nitrogens with one attached hydrogen (secondary N) is 1. The molecule has 2 heterocycles. The van der Waals surface area contributed by atoms with Gasteiger partial charge < -0.3 is 9.84 Å². The Hall–Kier alpha value is -2.95. The van der Waals surface area contributed by atoms with Gasteiger partial charge in [0.2, 0.25) is 0 Å². The van der Waals surface area contributed by atoms with Crippen molar-refractivity contribution in [1.29, 1.82) is 0 Å². The summed E-state index contributed by atoms with van der Waals surface area (Å²) in [6.45, 7) is 3.93. The molecule has 0 saturated carbocycles. The molecule has 5 nitrogen and oxygen atoms in total. The van der Waals surface area contributed by atoms with Gasteiger partial charge in [-0.2, -0.15) is 0 Å². The lowest BCUT2D eigenvalue weighted by Crippen LogP contribution is -2.27. The van der Waals surface area contributed by atoms with Crippen LogP contribution in [-0.4, -0.2) is 16.0 Å². The number of pyridine rings is 1. The standard InChI is InChI=1S/C21H21N3O2/c1-3-17-12-20(24-26-17)15-4-6-18-14(11-15)5-7-19(18)23-21(25)16-8-9-22-13(2)10-16/h4,6,8-12,19H,3,5,7H2,1-2H3,(H,23,25)/t19-/m1/s1. The van der Waals surface area contributed by atoms with Gasteiger partial charge in [-0.3, -0.25) is 9.78 Å². The van der Waals surface area contributed by atoms with E-state index in [2.05, 4.69) is 33.7 Å². The smallest absolute Gasteiger partial charge is 0.251 e. The molecule has 0 bridgehead atoms. The minimum atomic E-state index is -0.0542. The van der Waals surface area contributed by atoms with E-state index >= 15 is 0 Å². The van der Waals surface area contributed by atoms with Gasteiger partial charge in [0.15, 0.2) is 0 Å². The molecule has 2 aromatic heterocycles. The Kier molecular flexibility index (Phi) is 4.29. The summed E-state index contributed by atoms with van der Waals surface area (Å²) < 4.78 is 5.31. The van der Waals surface area contributed by atoms with Crippen molar-refractivity contribution >= 4 is 5.91 Å². The average Bonchev–Trinajstić information content (AvgIpc) is 3.28. The molecule has 1 aliphatic rings. The van der Waals surface area contributed by atoms with Gasteiger partial charge in [-0.05, 0) is 49.1 Å². The summed E-state index contributed by atoms with van der Waals surface area (Å²) in [5, 5.41) is 7.30. The summed E-state index contributed by atoms with van der Waals surface area (Å²) in [4.78, 5) is 16.7. The summed E-state index contributed by atoms with van der Waals surface area (Å²) in [5.74, 6) is 0.833. The molecule has 0 fully saturated rings. The van der Waals surface area contributed by atoms with Gasteiger partial charge in [0.05, 0.1) is 6.04 Å². The summed E-state index contributed by atoms with van der Waals surface area (Å²) in [6.07, 6.45) is 4.36. The van der Waals surface area contributed by atoms with Gasteiger partial charge >= 0.3 is 0 Å². The summed E-state index contributed by atoms with van der Waals surface area (Å²) in [5.41, 5.74) is 5.87. The van der Waals surface area contributed by atoms with E-state index in [1.807, 2.05) is 26.0 Å². The molecular formula is C21H21N3O2. The Balaban J connectivity index is 1.53. The first-order valence-electron chi connectivity index (χ1n) is 8.96. The molecule has 5 heteroatoms. The number of hydrogen-bond donors (Lipinski definition) is 1. The van der Waals surface area contributed by atoms with E-state index in [1.165, 1.54) is 11.1 Å². The maximum absolute atomic E-state index is 12.5. The molecule has 0 aliphatic heterocycles. The first-order chi connectivity index (χ1) is 12.6. The van der Waals surface area contributed by atoms with Crippen LogP contribution in [-0.2, 0) is 12.8 Å². The topological polar surface area (TPSA) is 68.0 Å². The van der Waals surface area contributed by atoms with Crippen molar-refractivity contribution in [1.82, 2.24) is 15.5 Å². The Labute approximate surface area is 152 Å². The van der Waals surface area contributed by atoms with Gasteiger partial charge in [0, 0.05) is 35.5 Å². The predicted octanol–water partition coefficient (Wildman–Crippen LogP) is 4.02. The molecule has 0 unspecified atom stereocenters. The van der Waals surface area contributed by atoms with Crippen molar-refractivity contribution in [3.05, 3.63) is 70.7 Å². The molecule has 4 rings (SSSR count). The molecule has 3 aromatic rings. The van der Waals surface area contributed by atoms with Crippen LogP contribution >= 0.6 is 0 Å². The van der Waals surface area contributed by atoms with E-state index < -0.39 is 0 Å². The number of fused-ring (bicyclic) bond motifs is 1. The lowest BCUT2D eigenvalue weighted by Gasteiger charge is -2.14. The second-order valence-corrected chi connectivity index (χ2v) is 6.70. The van der Waals surface area contributed by atoms with Crippen molar-refractivity contribution in [2.75, 3.05) is 0 Å². The fraction of sp³-hybridized carbons (Fsp3) is 0.286. The summed E-state index contributed by atoms with van der Waals surface area (Å²) in [6, 6.07) is 11.9. The zero-order valence-corrected chi connectivity index (χ0v) is 15.0. The number of carbonyl (C=O) groups excluding carboxylic acids is 1. The van der Waals surface area contributed by atoms with Crippen molar-refractivity contribution < 1.29 is 9.32 Å². The number of aryl methyl sites for hydroxylation is 3. The molecule has 26 heavy (non-hydrogen) atoms. The molecule has 132 valence electrons. The molecule has 0 radical (unpaired) electrons. The van der Waals surface area contributed by atoms with Crippen LogP contribution in [0.15, 0.2) is 47.1 Å². The Morgan fingerprint density at radius 1 is 1.27 bits per heavy atom. The highest BCUT2D eigenvalue weighted by Crippen LogP contribution is 2.34. The quantitative estimate of drug-likeness (QED) is 0.774. The van der Waals surface area contributed by atoms with Crippen LogP contribution in [0.4, 0.5) is 0 Å². The van der Waals surface area contributed by atoms with E-state index in [9.17, 15) is 4.79 Å². The van der Waals surface area contributed by atoms with E-state index in [1.54, 1.807) is 12.3 Å². The Morgan fingerprint density at radius 3 is 2.92 bits per heavy atom. The van der Waals surface area contributed by atoms with Gasteiger partial charge in [-0.15, -0.1) is 0 Å². The van der Waals surface area contributed by atoms with Gasteiger partial charge in [0.25, 0.3) is 5.91 Å². The SMILES string of the molecule is CCc1cc(-c2ccc3c(c2)CC[C@H]3NC(=O)c2ccnc(C)c2)no1. The second kappa shape index (κ2) is 6.75. The number of rotatable bonds is 4. The number of benzene rings is 1. The van der Waals surface area contributed by atoms with E-state index in [0.717, 1.165) is 42.0 Å². The summed E-state index contributed by atoms with van der Waals surface area (Å²) in [7, 11) is 0. The van der Waals surface area contributed by atoms with E-state index in [0.29, 0.717) is 5.56 Å². The minimum Gasteiger partial charge on any atom is -0.361 e. The minimum absolute atomic E-state index is 0.0449. The predicted molar refractivity (Wildman–Crippen MR) is 98.8 cm³/mol. The van der Waals surface area contributed by atoms with Crippen LogP contribution in [0.25, 0.3) is 11.3 Å². The van der Waals surface area contributed by atoms with Crippen LogP contribution in [0.3, 0.4) is 0 Å². The Bertz CT molecular complexity index is 961. The van der Waals surface area contributed by atoms with Crippen molar-refractivity contribution in [2.24, 2.45) is 0 Å². The van der Waals surface area contributed by atoms with Crippen molar-refractivity contribution in [3.8, 4) is 11.3 Å². The first kappa shape index (κ1) is 16.5. The summed E-state index contributed by atoms with van der Waals surface area (Å²) >= 11 is 0. The first-order valence-corrected chi connectivity index (χ1v) is 8.96. The molecule has 1 aromatic carbocycles. The van der Waals surface area contributed by atoms with Crippen LogP contribution in [0.5, 0.6) is 0 Å². The number of carbonyl (C=O) groups is 1. The van der Waals surface area contributed by atoms with Gasteiger partial charge in [0.1, 0.15) is 11.5 Å².